The quantitative estimate of drug-likeness (QED) is 0.707. The molecule has 0 spiro atoms. The van der Waals surface area contributed by atoms with Gasteiger partial charge in [-0.2, -0.15) is 0 Å². The normalized spacial score (nSPS) is 32.3. The number of Topliss-reactive ketones (excluding diaryl/α,β-unsaturated/α-hetero) is 1. The Labute approximate surface area is 93.5 Å². The molecule has 1 rings (SSSR count). The molecule has 5 nitrogen and oxygen atoms in total. The topological polar surface area (TPSA) is 91.7 Å². The van der Waals surface area contributed by atoms with Gasteiger partial charge in [0.1, 0.15) is 0 Å². The molecule has 0 unspecified atom stereocenters. The highest BCUT2D eigenvalue weighted by Gasteiger charge is 2.59. The molecule has 0 aromatic carbocycles. The van der Waals surface area contributed by atoms with Crippen LogP contribution in [-0.2, 0) is 14.4 Å². The maximum absolute atomic E-state index is 11.7. The molecule has 1 fully saturated rings. The van der Waals surface area contributed by atoms with Crippen molar-refractivity contribution in [3.63, 3.8) is 0 Å². The van der Waals surface area contributed by atoms with Gasteiger partial charge in [0.25, 0.3) is 0 Å². The van der Waals surface area contributed by atoms with Crippen LogP contribution in [0.3, 0.4) is 0 Å². The van der Waals surface area contributed by atoms with E-state index in [1.165, 1.54) is 0 Å². The number of carbonyl (C=O) groups is 3. The van der Waals surface area contributed by atoms with Crippen molar-refractivity contribution in [2.75, 3.05) is 0 Å². The summed E-state index contributed by atoms with van der Waals surface area (Å²) in [4.78, 5) is 33.5. The van der Waals surface area contributed by atoms with E-state index >= 15 is 0 Å². The molecule has 0 aromatic rings. The van der Waals surface area contributed by atoms with Gasteiger partial charge in [0.05, 0.1) is 5.92 Å². The summed E-state index contributed by atoms with van der Waals surface area (Å²) >= 11 is 0. The summed E-state index contributed by atoms with van der Waals surface area (Å²) in [5.74, 6) is -4.00. The third-order valence-corrected chi connectivity index (χ3v) is 4.22. The molecule has 90 valence electrons. The van der Waals surface area contributed by atoms with Gasteiger partial charge in [-0.15, -0.1) is 0 Å². The molecule has 2 atom stereocenters. The number of carboxylic acid groups (broad SMARTS) is 2. The molecule has 2 N–H and O–H groups in total. The Hall–Kier alpha value is -1.39. The molecule has 1 aliphatic carbocycles. The standard InChI is InChI=1S/C11H16O5/c1-10(2)6(8(13)14)4-5-11(10,3)7(12)9(15)16/h6H,4-5H2,1-3H3,(H,13,14)(H,15,16)/t6-,11+/m1/s1. The van der Waals surface area contributed by atoms with Crippen molar-refractivity contribution in [2.45, 2.75) is 33.6 Å². The molecule has 1 aliphatic rings. The van der Waals surface area contributed by atoms with E-state index in [0.717, 1.165) is 0 Å². The minimum atomic E-state index is -1.48. The summed E-state index contributed by atoms with van der Waals surface area (Å²) < 4.78 is 0. The summed E-state index contributed by atoms with van der Waals surface area (Å²) in [7, 11) is 0. The maximum Gasteiger partial charge on any atom is 0.372 e. The van der Waals surface area contributed by atoms with Crippen molar-refractivity contribution < 1.29 is 24.6 Å². The lowest BCUT2D eigenvalue weighted by Gasteiger charge is -2.37. The zero-order valence-corrected chi connectivity index (χ0v) is 9.61. The molecule has 5 heteroatoms. The van der Waals surface area contributed by atoms with Crippen LogP contribution >= 0.6 is 0 Å². The van der Waals surface area contributed by atoms with Gasteiger partial charge < -0.3 is 10.2 Å². The van der Waals surface area contributed by atoms with Crippen LogP contribution in [-0.4, -0.2) is 27.9 Å². The molecule has 0 radical (unpaired) electrons. The molecular formula is C11H16O5. The van der Waals surface area contributed by atoms with E-state index in [2.05, 4.69) is 0 Å². The summed E-state index contributed by atoms with van der Waals surface area (Å²) in [6, 6.07) is 0. The Morgan fingerprint density at radius 1 is 1.12 bits per heavy atom. The molecule has 0 bridgehead atoms. The van der Waals surface area contributed by atoms with E-state index in [0.29, 0.717) is 12.8 Å². The zero-order chi connectivity index (χ0) is 12.7. The lowest BCUT2D eigenvalue weighted by Crippen LogP contribution is -2.45. The predicted octanol–water partition coefficient (Wildman–Crippen LogP) is 1.17. The van der Waals surface area contributed by atoms with Gasteiger partial charge in [-0.1, -0.05) is 20.8 Å². The van der Waals surface area contributed by atoms with Crippen LogP contribution < -0.4 is 0 Å². The maximum atomic E-state index is 11.7. The van der Waals surface area contributed by atoms with E-state index in [-0.39, 0.29) is 0 Å². The predicted molar refractivity (Wildman–Crippen MR) is 54.9 cm³/mol. The minimum absolute atomic E-state index is 0.308. The number of aliphatic carboxylic acids is 2. The first-order valence-corrected chi connectivity index (χ1v) is 5.15. The molecule has 0 amide bonds. The van der Waals surface area contributed by atoms with Gasteiger partial charge in [0.2, 0.25) is 5.78 Å². The van der Waals surface area contributed by atoms with Gasteiger partial charge in [0.15, 0.2) is 0 Å². The van der Waals surface area contributed by atoms with Crippen LogP contribution in [0.1, 0.15) is 33.6 Å². The average molecular weight is 228 g/mol. The van der Waals surface area contributed by atoms with E-state index in [9.17, 15) is 14.4 Å². The van der Waals surface area contributed by atoms with Crippen molar-refractivity contribution in [2.24, 2.45) is 16.7 Å². The number of carbonyl (C=O) groups excluding carboxylic acids is 1. The zero-order valence-electron chi connectivity index (χ0n) is 9.61. The van der Waals surface area contributed by atoms with E-state index in [1.807, 2.05) is 0 Å². The Balaban J connectivity index is 3.14. The van der Waals surface area contributed by atoms with Crippen LogP contribution in [0.5, 0.6) is 0 Å². The number of hydrogen-bond donors (Lipinski definition) is 2. The first-order chi connectivity index (χ1) is 7.14. The van der Waals surface area contributed by atoms with Gasteiger partial charge in [-0.25, -0.2) is 4.79 Å². The second-order valence-corrected chi connectivity index (χ2v) is 5.12. The first-order valence-electron chi connectivity index (χ1n) is 5.15. The highest BCUT2D eigenvalue weighted by molar-refractivity contribution is 6.35. The molecule has 0 saturated heterocycles. The summed E-state index contributed by atoms with van der Waals surface area (Å²) in [5.41, 5.74) is -1.93. The number of hydrogen-bond acceptors (Lipinski definition) is 3. The lowest BCUT2D eigenvalue weighted by atomic mass is 9.63. The Morgan fingerprint density at radius 3 is 1.94 bits per heavy atom. The van der Waals surface area contributed by atoms with Crippen molar-refractivity contribution in [1.29, 1.82) is 0 Å². The van der Waals surface area contributed by atoms with Gasteiger partial charge in [-0.05, 0) is 18.3 Å². The number of rotatable bonds is 3. The van der Waals surface area contributed by atoms with Crippen LogP contribution in [0.15, 0.2) is 0 Å². The van der Waals surface area contributed by atoms with Crippen LogP contribution in [0, 0.1) is 16.7 Å². The number of ketones is 1. The second-order valence-electron chi connectivity index (χ2n) is 5.12. The van der Waals surface area contributed by atoms with Gasteiger partial charge in [0, 0.05) is 5.41 Å². The van der Waals surface area contributed by atoms with Crippen LogP contribution in [0.25, 0.3) is 0 Å². The SMILES string of the molecule is CC1(C)[C@@H](C(=O)O)CC[C@@]1(C)C(=O)C(=O)O. The highest BCUT2D eigenvalue weighted by Crippen LogP contribution is 2.56. The molecule has 0 aromatic heterocycles. The second kappa shape index (κ2) is 3.57. The summed E-state index contributed by atoms with van der Waals surface area (Å²) in [6.45, 7) is 4.85. The van der Waals surface area contributed by atoms with Gasteiger partial charge in [-0.3, -0.25) is 9.59 Å². The third kappa shape index (κ3) is 1.50. The molecule has 0 heterocycles. The van der Waals surface area contributed by atoms with E-state index in [1.54, 1.807) is 20.8 Å². The largest absolute Gasteiger partial charge is 0.481 e. The number of carboxylic acids is 2. The Kier molecular flexibility index (Phi) is 2.83. The van der Waals surface area contributed by atoms with Crippen LogP contribution in [0.2, 0.25) is 0 Å². The Morgan fingerprint density at radius 2 is 1.62 bits per heavy atom. The fourth-order valence-corrected chi connectivity index (χ4v) is 2.57. The smallest absolute Gasteiger partial charge is 0.372 e. The molecule has 16 heavy (non-hydrogen) atoms. The third-order valence-electron chi connectivity index (χ3n) is 4.22. The van der Waals surface area contributed by atoms with Crippen LogP contribution in [0.4, 0.5) is 0 Å². The van der Waals surface area contributed by atoms with Gasteiger partial charge >= 0.3 is 11.9 Å². The van der Waals surface area contributed by atoms with Crippen molar-refractivity contribution in [3.8, 4) is 0 Å². The fourth-order valence-electron chi connectivity index (χ4n) is 2.57. The van der Waals surface area contributed by atoms with Crippen molar-refractivity contribution in [3.05, 3.63) is 0 Å². The van der Waals surface area contributed by atoms with E-state index < -0.39 is 34.5 Å². The Bertz CT molecular complexity index is 357. The summed E-state index contributed by atoms with van der Waals surface area (Å²) in [5, 5.41) is 17.8. The van der Waals surface area contributed by atoms with Crippen molar-refractivity contribution >= 4 is 17.7 Å². The summed E-state index contributed by atoms with van der Waals surface area (Å²) in [6.07, 6.45) is 0.653. The molecule has 0 aliphatic heterocycles. The monoisotopic (exact) mass is 228 g/mol. The average Bonchev–Trinajstić information content (AvgIpc) is 2.37. The fraction of sp³-hybridized carbons (Fsp3) is 0.727. The molecule has 1 saturated carbocycles. The first kappa shape index (κ1) is 12.7. The highest BCUT2D eigenvalue weighted by atomic mass is 16.4. The van der Waals surface area contributed by atoms with E-state index in [4.69, 9.17) is 10.2 Å². The molecular weight excluding hydrogens is 212 g/mol. The van der Waals surface area contributed by atoms with Crippen molar-refractivity contribution in [1.82, 2.24) is 0 Å². The lowest BCUT2D eigenvalue weighted by molar-refractivity contribution is -0.159. The minimum Gasteiger partial charge on any atom is -0.481 e.